The molecule has 0 aliphatic carbocycles. The Hall–Kier alpha value is -3.15. The van der Waals surface area contributed by atoms with Crippen molar-refractivity contribution in [3.8, 4) is 17.0 Å². The van der Waals surface area contributed by atoms with Crippen LogP contribution in [0.1, 0.15) is 29.4 Å². The van der Waals surface area contributed by atoms with Crippen LogP contribution in [0.3, 0.4) is 0 Å². The maximum absolute atomic E-state index is 13.9. The van der Waals surface area contributed by atoms with Crippen LogP contribution in [0.25, 0.3) is 11.3 Å². The minimum absolute atomic E-state index is 0.00672. The molecule has 1 amide bonds. The van der Waals surface area contributed by atoms with Gasteiger partial charge in [-0.15, -0.1) is 0 Å². The van der Waals surface area contributed by atoms with Gasteiger partial charge in [-0.3, -0.25) is 9.89 Å². The Bertz CT molecular complexity index is 921. The van der Waals surface area contributed by atoms with Gasteiger partial charge in [-0.1, -0.05) is 37.6 Å². The molecule has 5 nitrogen and oxygen atoms in total. The van der Waals surface area contributed by atoms with Gasteiger partial charge >= 0.3 is 0 Å². The number of hydrogen-bond donors (Lipinski definition) is 2. The number of nitrogens with zero attached hydrogens (tertiary/aromatic N) is 1. The van der Waals surface area contributed by atoms with Crippen molar-refractivity contribution in [3.05, 3.63) is 65.6 Å². The first-order valence-electron chi connectivity index (χ1n) is 8.41. The minimum Gasteiger partial charge on any atom is -0.497 e. The zero-order valence-electron chi connectivity index (χ0n) is 14.7. The molecule has 3 aromatic rings. The fourth-order valence-electron chi connectivity index (χ4n) is 2.75. The lowest BCUT2D eigenvalue weighted by molar-refractivity contribution is 0.102. The minimum atomic E-state index is -0.562. The molecule has 3 rings (SSSR count). The first-order chi connectivity index (χ1) is 12.6. The molecule has 0 atom stereocenters. The van der Waals surface area contributed by atoms with E-state index in [1.807, 2.05) is 31.2 Å². The number of H-pyrrole nitrogens is 1. The molecular weight excluding hydrogens is 333 g/mol. The summed E-state index contributed by atoms with van der Waals surface area (Å²) in [4.78, 5) is 12.6. The zero-order valence-corrected chi connectivity index (χ0v) is 14.7. The predicted octanol–water partition coefficient (Wildman–Crippen LogP) is 4.43. The second-order valence-corrected chi connectivity index (χ2v) is 5.84. The van der Waals surface area contributed by atoms with Crippen LogP contribution in [0.5, 0.6) is 5.75 Å². The topological polar surface area (TPSA) is 67.0 Å². The van der Waals surface area contributed by atoms with Crippen molar-refractivity contribution in [1.29, 1.82) is 0 Å². The Balaban J connectivity index is 2.00. The molecule has 0 bridgehead atoms. The van der Waals surface area contributed by atoms with Crippen molar-refractivity contribution in [2.45, 2.75) is 19.8 Å². The summed E-state index contributed by atoms with van der Waals surface area (Å²) >= 11 is 0. The third-order valence-electron chi connectivity index (χ3n) is 4.04. The number of aryl methyl sites for hydroxylation is 1. The SMILES string of the molecule is CCCc1[nH]nc(-c2cccc(OC)c2)c1NC(=O)c1ccccc1F. The summed E-state index contributed by atoms with van der Waals surface area (Å²) in [6.07, 6.45) is 1.59. The first kappa shape index (κ1) is 17.7. The number of aromatic nitrogens is 2. The molecule has 0 radical (unpaired) electrons. The highest BCUT2D eigenvalue weighted by Crippen LogP contribution is 2.32. The van der Waals surface area contributed by atoms with Crippen LogP contribution in [-0.2, 0) is 6.42 Å². The highest BCUT2D eigenvalue weighted by atomic mass is 19.1. The Morgan fingerprint density at radius 3 is 2.77 bits per heavy atom. The number of anilines is 1. The van der Waals surface area contributed by atoms with Crippen LogP contribution in [0.15, 0.2) is 48.5 Å². The summed E-state index contributed by atoms with van der Waals surface area (Å²) in [6, 6.07) is 13.3. The van der Waals surface area contributed by atoms with Crippen molar-refractivity contribution < 1.29 is 13.9 Å². The molecule has 1 heterocycles. The van der Waals surface area contributed by atoms with Gasteiger partial charge < -0.3 is 10.1 Å². The lowest BCUT2D eigenvalue weighted by atomic mass is 10.1. The molecule has 0 aliphatic heterocycles. The second-order valence-electron chi connectivity index (χ2n) is 5.84. The molecule has 0 fully saturated rings. The Morgan fingerprint density at radius 1 is 1.23 bits per heavy atom. The number of amides is 1. The van der Waals surface area contributed by atoms with E-state index >= 15 is 0 Å². The Labute approximate surface area is 151 Å². The summed E-state index contributed by atoms with van der Waals surface area (Å²) in [5.74, 6) is -0.381. The molecule has 2 aromatic carbocycles. The number of rotatable bonds is 6. The fourth-order valence-corrected chi connectivity index (χ4v) is 2.75. The summed E-state index contributed by atoms with van der Waals surface area (Å²) in [5, 5.41) is 10.2. The summed E-state index contributed by atoms with van der Waals surface area (Å²) in [5.41, 5.74) is 2.75. The van der Waals surface area contributed by atoms with E-state index < -0.39 is 11.7 Å². The third kappa shape index (κ3) is 3.59. The van der Waals surface area contributed by atoms with Crippen LogP contribution >= 0.6 is 0 Å². The molecule has 0 unspecified atom stereocenters. The monoisotopic (exact) mass is 353 g/mol. The van der Waals surface area contributed by atoms with E-state index in [0.717, 1.165) is 17.7 Å². The van der Waals surface area contributed by atoms with Crippen molar-refractivity contribution in [3.63, 3.8) is 0 Å². The Morgan fingerprint density at radius 2 is 2.04 bits per heavy atom. The molecule has 0 aliphatic rings. The average Bonchev–Trinajstić information content (AvgIpc) is 3.05. The van der Waals surface area contributed by atoms with E-state index in [9.17, 15) is 9.18 Å². The number of ether oxygens (including phenoxy) is 1. The lowest BCUT2D eigenvalue weighted by Gasteiger charge is -2.10. The van der Waals surface area contributed by atoms with E-state index in [0.29, 0.717) is 23.6 Å². The number of halogens is 1. The molecule has 0 saturated carbocycles. The van der Waals surface area contributed by atoms with Gasteiger partial charge in [0.15, 0.2) is 0 Å². The molecular formula is C20H20FN3O2. The number of carbonyl (C=O) groups excluding carboxylic acids is 1. The van der Waals surface area contributed by atoms with Gasteiger partial charge in [0.2, 0.25) is 0 Å². The largest absolute Gasteiger partial charge is 0.497 e. The standard InChI is InChI=1S/C20H20FN3O2/c1-3-7-17-19(22-20(25)15-10-4-5-11-16(15)21)18(24-23-17)13-8-6-9-14(12-13)26-2/h4-6,8-12H,3,7H2,1-2H3,(H,22,25)(H,23,24). The molecule has 134 valence electrons. The van der Waals surface area contributed by atoms with Gasteiger partial charge in [0.1, 0.15) is 17.3 Å². The number of methoxy groups -OCH3 is 1. The van der Waals surface area contributed by atoms with Crippen molar-refractivity contribution >= 4 is 11.6 Å². The normalized spacial score (nSPS) is 10.6. The van der Waals surface area contributed by atoms with E-state index in [1.165, 1.54) is 12.1 Å². The first-order valence-corrected chi connectivity index (χ1v) is 8.41. The molecule has 2 N–H and O–H groups in total. The maximum atomic E-state index is 13.9. The van der Waals surface area contributed by atoms with E-state index in [1.54, 1.807) is 19.2 Å². The molecule has 0 saturated heterocycles. The summed E-state index contributed by atoms with van der Waals surface area (Å²) in [7, 11) is 1.59. The highest BCUT2D eigenvalue weighted by molar-refractivity contribution is 6.06. The van der Waals surface area contributed by atoms with Gasteiger partial charge in [-0.2, -0.15) is 5.10 Å². The smallest absolute Gasteiger partial charge is 0.258 e. The lowest BCUT2D eigenvalue weighted by Crippen LogP contribution is -2.15. The van der Waals surface area contributed by atoms with E-state index in [2.05, 4.69) is 15.5 Å². The Kier molecular flexibility index (Phi) is 5.31. The van der Waals surface area contributed by atoms with Gasteiger partial charge in [0.25, 0.3) is 5.91 Å². The van der Waals surface area contributed by atoms with Crippen molar-refractivity contribution in [1.82, 2.24) is 10.2 Å². The number of nitrogens with one attached hydrogen (secondary N) is 2. The van der Waals surface area contributed by atoms with Crippen molar-refractivity contribution in [2.24, 2.45) is 0 Å². The van der Waals surface area contributed by atoms with Crippen LogP contribution < -0.4 is 10.1 Å². The van der Waals surface area contributed by atoms with E-state index in [4.69, 9.17) is 4.74 Å². The second kappa shape index (κ2) is 7.82. The van der Waals surface area contributed by atoms with Gasteiger partial charge in [-0.25, -0.2) is 4.39 Å². The van der Waals surface area contributed by atoms with Crippen LogP contribution in [0.4, 0.5) is 10.1 Å². The predicted molar refractivity (Wildman–Crippen MR) is 98.9 cm³/mol. The van der Waals surface area contributed by atoms with Gasteiger partial charge in [-0.05, 0) is 30.7 Å². The molecule has 26 heavy (non-hydrogen) atoms. The summed E-state index contributed by atoms with van der Waals surface area (Å²) < 4.78 is 19.2. The van der Waals surface area contributed by atoms with Crippen molar-refractivity contribution in [2.75, 3.05) is 12.4 Å². The van der Waals surface area contributed by atoms with Crippen LogP contribution in [0.2, 0.25) is 0 Å². The number of carbonyl (C=O) groups is 1. The third-order valence-corrected chi connectivity index (χ3v) is 4.04. The number of hydrogen-bond acceptors (Lipinski definition) is 3. The molecule has 6 heteroatoms. The fraction of sp³-hybridized carbons (Fsp3) is 0.200. The van der Waals surface area contributed by atoms with Gasteiger partial charge in [0.05, 0.1) is 24.1 Å². The zero-order chi connectivity index (χ0) is 18.5. The van der Waals surface area contributed by atoms with E-state index in [-0.39, 0.29) is 5.56 Å². The number of aromatic amines is 1. The molecule has 1 aromatic heterocycles. The van der Waals surface area contributed by atoms with Crippen LogP contribution in [0, 0.1) is 5.82 Å². The average molecular weight is 353 g/mol. The number of benzene rings is 2. The molecule has 0 spiro atoms. The van der Waals surface area contributed by atoms with Gasteiger partial charge in [0, 0.05) is 5.56 Å². The quantitative estimate of drug-likeness (QED) is 0.689. The highest BCUT2D eigenvalue weighted by Gasteiger charge is 2.19. The maximum Gasteiger partial charge on any atom is 0.258 e. The van der Waals surface area contributed by atoms with Crippen LogP contribution in [-0.4, -0.2) is 23.2 Å². The summed E-state index contributed by atoms with van der Waals surface area (Å²) in [6.45, 7) is 2.04.